The third kappa shape index (κ3) is 5.24. The van der Waals surface area contributed by atoms with E-state index in [2.05, 4.69) is 37.7 Å². The molecule has 0 spiro atoms. The van der Waals surface area contributed by atoms with Gasteiger partial charge in [-0.05, 0) is 30.7 Å². The monoisotopic (exact) mass is 276 g/mol. The van der Waals surface area contributed by atoms with E-state index in [0.29, 0.717) is 12.5 Å². The minimum atomic E-state index is -3.16. The molecule has 0 saturated carbocycles. The molecule has 0 amide bonds. The van der Waals surface area contributed by atoms with Crippen molar-refractivity contribution in [2.24, 2.45) is 11.3 Å². The first-order valence-electron chi connectivity index (χ1n) is 6.94. The molecule has 4 nitrogen and oxygen atoms in total. The van der Waals surface area contributed by atoms with Crippen molar-refractivity contribution in [2.75, 3.05) is 18.8 Å². The van der Waals surface area contributed by atoms with Crippen LogP contribution in [0.25, 0.3) is 0 Å². The summed E-state index contributed by atoms with van der Waals surface area (Å²) in [5.74, 6) is 0.661. The Morgan fingerprint density at radius 1 is 1.33 bits per heavy atom. The molecule has 0 aromatic rings. The topological polar surface area (TPSA) is 58.2 Å². The van der Waals surface area contributed by atoms with Gasteiger partial charge in [-0.2, -0.15) is 0 Å². The van der Waals surface area contributed by atoms with Crippen molar-refractivity contribution >= 4 is 10.0 Å². The predicted molar refractivity (Wildman–Crippen MR) is 76.1 cm³/mol. The van der Waals surface area contributed by atoms with E-state index in [9.17, 15) is 8.42 Å². The van der Waals surface area contributed by atoms with E-state index in [1.54, 1.807) is 0 Å². The first-order chi connectivity index (χ1) is 8.23. The number of sulfonamides is 1. The van der Waals surface area contributed by atoms with Gasteiger partial charge in [0.1, 0.15) is 0 Å². The maximum Gasteiger partial charge on any atom is 0.213 e. The highest BCUT2D eigenvalue weighted by Crippen LogP contribution is 2.25. The first kappa shape index (κ1) is 15.9. The minimum Gasteiger partial charge on any atom is -0.313 e. The molecule has 0 aliphatic carbocycles. The Morgan fingerprint density at radius 2 is 2.00 bits per heavy atom. The number of rotatable bonds is 6. The van der Waals surface area contributed by atoms with Crippen LogP contribution in [0.5, 0.6) is 0 Å². The third-order valence-corrected chi connectivity index (χ3v) is 5.57. The normalized spacial score (nSPS) is 22.4. The lowest BCUT2D eigenvalue weighted by Crippen LogP contribution is -2.45. The molecule has 18 heavy (non-hydrogen) atoms. The van der Waals surface area contributed by atoms with Crippen molar-refractivity contribution in [3.8, 4) is 0 Å². The fraction of sp³-hybridized carbons (Fsp3) is 1.00. The van der Waals surface area contributed by atoms with Crippen LogP contribution >= 0.6 is 0 Å². The van der Waals surface area contributed by atoms with E-state index in [4.69, 9.17) is 0 Å². The Kier molecular flexibility index (Phi) is 5.62. The number of hydrogen-bond donors (Lipinski definition) is 2. The Hall–Kier alpha value is -0.130. The standard InChI is InChI=1S/C13H28N2O2S/c1-11(2)13(3,4)10-15-18(16,17)9-12-7-5-6-8-14-12/h11-12,14-15H,5-10H2,1-4H3. The molecule has 1 heterocycles. The summed E-state index contributed by atoms with van der Waals surface area (Å²) in [5, 5.41) is 3.28. The van der Waals surface area contributed by atoms with E-state index in [1.807, 2.05) is 0 Å². The maximum absolute atomic E-state index is 12.0. The predicted octanol–water partition coefficient (Wildman–Crippen LogP) is 1.73. The van der Waals surface area contributed by atoms with Gasteiger partial charge < -0.3 is 5.32 Å². The second kappa shape index (κ2) is 6.35. The van der Waals surface area contributed by atoms with Crippen LogP contribution in [0.3, 0.4) is 0 Å². The second-order valence-corrected chi connectivity index (χ2v) is 8.24. The summed E-state index contributed by atoms with van der Waals surface area (Å²) in [4.78, 5) is 0. The van der Waals surface area contributed by atoms with Crippen molar-refractivity contribution < 1.29 is 8.42 Å². The molecule has 108 valence electrons. The summed E-state index contributed by atoms with van der Waals surface area (Å²) in [6, 6.07) is 0.124. The zero-order chi connectivity index (χ0) is 13.8. The zero-order valence-electron chi connectivity index (χ0n) is 12.1. The van der Waals surface area contributed by atoms with Crippen LogP contribution in [0, 0.1) is 11.3 Å². The Balaban J connectivity index is 2.44. The SMILES string of the molecule is CC(C)C(C)(C)CNS(=O)(=O)CC1CCCCN1. The van der Waals surface area contributed by atoms with Gasteiger partial charge in [-0.1, -0.05) is 34.1 Å². The third-order valence-electron chi connectivity index (χ3n) is 4.14. The van der Waals surface area contributed by atoms with Gasteiger partial charge >= 0.3 is 0 Å². The van der Waals surface area contributed by atoms with Crippen LogP contribution in [-0.2, 0) is 10.0 Å². The molecular formula is C13H28N2O2S. The van der Waals surface area contributed by atoms with Gasteiger partial charge in [0.2, 0.25) is 10.0 Å². The van der Waals surface area contributed by atoms with Crippen LogP contribution in [0.2, 0.25) is 0 Å². The molecule has 0 aromatic carbocycles. The van der Waals surface area contributed by atoms with E-state index in [-0.39, 0.29) is 17.2 Å². The summed E-state index contributed by atoms with van der Waals surface area (Å²) >= 11 is 0. The molecule has 2 N–H and O–H groups in total. The summed E-state index contributed by atoms with van der Waals surface area (Å²) in [6.07, 6.45) is 3.25. The molecule has 0 bridgehead atoms. The lowest BCUT2D eigenvalue weighted by molar-refractivity contribution is 0.252. The van der Waals surface area contributed by atoms with Gasteiger partial charge in [-0.25, -0.2) is 13.1 Å². The quantitative estimate of drug-likeness (QED) is 0.777. The summed E-state index contributed by atoms with van der Waals surface area (Å²) < 4.78 is 26.8. The molecular weight excluding hydrogens is 248 g/mol. The van der Waals surface area contributed by atoms with Crippen LogP contribution in [0.1, 0.15) is 47.0 Å². The maximum atomic E-state index is 12.0. The van der Waals surface area contributed by atoms with Gasteiger partial charge in [0.25, 0.3) is 0 Å². The Labute approximate surface area is 112 Å². The van der Waals surface area contributed by atoms with Crippen molar-refractivity contribution in [3.63, 3.8) is 0 Å². The molecule has 1 fully saturated rings. The average Bonchev–Trinajstić information content (AvgIpc) is 2.27. The molecule has 0 aromatic heterocycles. The zero-order valence-corrected chi connectivity index (χ0v) is 12.9. The van der Waals surface area contributed by atoms with E-state index < -0.39 is 10.0 Å². The van der Waals surface area contributed by atoms with Gasteiger partial charge in [0, 0.05) is 12.6 Å². The van der Waals surface area contributed by atoms with Gasteiger partial charge in [-0.15, -0.1) is 0 Å². The van der Waals surface area contributed by atoms with Crippen LogP contribution in [0.4, 0.5) is 0 Å². The fourth-order valence-electron chi connectivity index (χ4n) is 1.89. The Morgan fingerprint density at radius 3 is 2.50 bits per heavy atom. The molecule has 1 rings (SSSR count). The highest BCUT2D eigenvalue weighted by atomic mass is 32.2. The molecule has 5 heteroatoms. The lowest BCUT2D eigenvalue weighted by Gasteiger charge is -2.30. The summed E-state index contributed by atoms with van der Waals surface area (Å²) in [5.41, 5.74) is -0.00688. The van der Waals surface area contributed by atoms with Crippen molar-refractivity contribution in [3.05, 3.63) is 0 Å². The Bertz CT molecular complexity index is 344. The number of piperidine rings is 1. The molecule has 1 saturated heterocycles. The summed E-state index contributed by atoms with van der Waals surface area (Å²) in [6.45, 7) is 9.89. The second-order valence-electron chi connectivity index (χ2n) is 6.39. The van der Waals surface area contributed by atoms with E-state index in [1.165, 1.54) is 0 Å². The van der Waals surface area contributed by atoms with E-state index in [0.717, 1.165) is 25.8 Å². The molecule has 0 radical (unpaired) electrons. The fourth-order valence-corrected chi connectivity index (χ4v) is 3.41. The molecule has 1 atom stereocenters. The minimum absolute atomic E-state index is 0.00688. The van der Waals surface area contributed by atoms with Crippen molar-refractivity contribution in [1.29, 1.82) is 0 Å². The highest BCUT2D eigenvalue weighted by molar-refractivity contribution is 7.89. The smallest absolute Gasteiger partial charge is 0.213 e. The van der Waals surface area contributed by atoms with Crippen LogP contribution in [-0.4, -0.2) is 33.3 Å². The molecule has 1 aliphatic heterocycles. The average molecular weight is 276 g/mol. The highest BCUT2D eigenvalue weighted by Gasteiger charge is 2.26. The largest absolute Gasteiger partial charge is 0.313 e. The first-order valence-corrected chi connectivity index (χ1v) is 8.59. The van der Waals surface area contributed by atoms with Crippen LogP contribution < -0.4 is 10.0 Å². The van der Waals surface area contributed by atoms with Gasteiger partial charge in [0.15, 0.2) is 0 Å². The lowest BCUT2D eigenvalue weighted by atomic mass is 9.81. The number of hydrogen-bond acceptors (Lipinski definition) is 3. The van der Waals surface area contributed by atoms with Crippen molar-refractivity contribution in [2.45, 2.75) is 53.0 Å². The van der Waals surface area contributed by atoms with Crippen LogP contribution in [0.15, 0.2) is 0 Å². The molecule has 1 aliphatic rings. The van der Waals surface area contributed by atoms with Crippen molar-refractivity contribution in [1.82, 2.24) is 10.0 Å². The number of nitrogens with one attached hydrogen (secondary N) is 2. The molecule has 1 unspecified atom stereocenters. The van der Waals surface area contributed by atoms with E-state index >= 15 is 0 Å². The van der Waals surface area contributed by atoms with Gasteiger partial charge in [-0.3, -0.25) is 0 Å². The summed E-state index contributed by atoms with van der Waals surface area (Å²) in [7, 11) is -3.16. The van der Waals surface area contributed by atoms with Gasteiger partial charge in [0.05, 0.1) is 5.75 Å².